The highest BCUT2D eigenvalue weighted by Gasteiger charge is 2.55. The number of esters is 1. The number of nitrogens with zero attached hydrogens (tertiary/aromatic N) is 1. The van der Waals surface area contributed by atoms with Gasteiger partial charge in [0, 0.05) is 5.56 Å². The van der Waals surface area contributed by atoms with Crippen LogP contribution in [-0.4, -0.2) is 47.3 Å². The van der Waals surface area contributed by atoms with Gasteiger partial charge in [0.2, 0.25) is 0 Å². The number of amides is 3. The first-order chi connectivity index (χ1) is 14.4. The van der Waals surface area contributed by atoms with Gasteiger partial charge in [-0.1, -0.05) is 56.2 Å². The van der Waals surface area contributed by atoms with Gasteiger partial charge in [-0.05, 0) is 35.6 Å². The molecule has 3 amide bonds. The Hall–Kier alpha value is -3.22. The molecule has 2 fully saturated rings. The van der Waals surface area contributed by atoms with Crippen LogP contribution < -0.4 is 5.32 Å². The summed E-state index contributed by atoms with van der Waals surface area (Å²) in [5.74, 6) is -1.49. The Bertz CT molecular complexity index is 1030. The van der Waals surface area contributed by atoms with Crippen LogP contribution in [0.25, 0.3) is 10.8 Å². The predicted molar refractivity (Wildman–Crippen MR) is 110 cm³/mol. The van der Waals surface area contributed by atoms with Gasteiger partial charge in [-0.2, -0.15) is 0 Å². The fraction of sp³-hybridized carbons (Fsp3) is 0.391. The van der Waals surface area contributed by atoms with Crippen molar-refractivity contribution in [3.8, 4) is 0 Å². The van der Waals surface area contributed by atoms with Crippen molar-refractivity contribution in [1.82, 2.24) is 10.2 Å². The molecule has 7 nitrogen and oxygen atoms in total. The fourth-order valence-electron chi connectivity index (χ4n) is 4.41. The van der Waals surface area contributed by atoms with E-state index in [2.05, 4.69) is 5.32 Å². The van der Waals surface area contributed by atoms with Crippen LogP contribution in [0.1, 0.15) is 43.0 Å². The molecule has 1 saturated heterocycles. The van der Waals surface area contributed by atoms with E-state index in [0.717, 1.165) is 34.9 Å². The van der Waals surface area contributed by atoms with Gasteiger partial charge < -0.3 is 10.1 Å². The normalized spacial score (nSPS) is 23.6. The molecule has 1 N–H and O–H groups in total. The zero-order valence-corrected chi connectivity index (χ0v) is 16.8. The number of carbonyl (C=O) groups is 4. The van der Waals surface area contributed by atoms with Crippen LogP contribution in [0.5, 0.6) is 0 Å². The maximum atomic E-state index is 12.9. The summed E-state index contributed by atoms with van der Waals surface area (Å²) < 4.78 is 5.07. The predicted octanol–water partition coefficient (Wildman–Crippen LogP) is 3.07. The molecule has 1 aliphatic heterocycles. The first kappa shape index (κ1) is 20.1. The number of ether oxygens (including phenoxy) is 1. The number of Topliss-reactive ketones (excluding diaryl/α,β-unsaturated/α-hetero) is 1. The molecule has 156 valence electrons. The Morgan fingerprint density at radius 1 is 1.13 bits per heavy atom. The van der Waals surface area contributed by atoms with Crippen molar-refractivity contribution in [1.29, 1.82) is 0 Å². The van der Waals surface area contributed by atoms with Crippen molar-refractivity contribution in [2.45, 2.75) is 38.1 Å². The van der Waals surface area contributed by atoms with E-state index in [-0.39, 0.29) is 17.6 Å². The summed E-state index contributed by atoms with van der Waals surface area (Å²) >= 11 is 0. The molecule has 2 atom stereocenters. The number of rotatable bonds is 5. The van der Waals surface area contributed by atoms with Crippen molar-refractivity contribution in [3.63, 3.8) is 0 Å². The first-order valence-corrected chi connectivity index (χ1v) is 10.2. The Labute approximate surface area is 174 Å². The molecular formula is C23H24N2O5. The highest BCUT2D eigenvalue weighted by Crippen LogP contribution is 2.38. The van der Waals surface area contributed by atoms with Crippen molar-refractivity contribution in [3.05, 3.63) is 48.0 Å². The van der Waals surface area contributed by atoms with E-state index < -0.39 is 30.7 Å². The highest BCUT2D eigenvalue weighted by atomic mass is 16.5. The second-order valence-corrected chi connectivity index (χ2v) is 8.09. The topological polar surface area (TPSA) is 92.8 Å². The SMILES string of the molecule is CC1CCCCC12NC(=O)N(CC(=O)OCC(=O)c1ccc3ccccc3c1)C2=O. The number of fused-ring (bicyclic) bond motifs is 1. The van der Waals surface area contributed by atoms with Crippen LogP contribution in [0.15, 0.2) is 42.5 Å². The van der Waals surface area contributed by atoms with Crippen LogP contribution in [0.4, 0.5) is 4.79 Å². The van der Waals surface area contributed by atoms with Crippen molar-refractivity contribution < 1.29 is 23.9 Å². The third-order valence-electron chi connectivity index (χ3n) is 6.22. The van der Waals surface area contributed by atoms with Crippen molar-refractivity contribution in [2.75, 3.05) is 13.2 Å². The van der Waals surface area contributed by atoms with Crippen LogP contribution in [0.2, 0.25) is 0 Å². The third-order valence-corrected chi connectivity index (χ3v) is 6.22. The minimum atomic E-state index is -0.920. The molecule has 1 spiro atoms. The molecular weight excluding hydrogens is 384 g/mol. The van der Waals surface area contributed by atoms with Crippen LogP contribution in [0, 0.1) is 5.92 Å². The average molecular weight is 408 g/mol. The maximum absolute atomic E-state index is 12.9. The van der Waals surface area contributed by atoms with E-state index in [1.165, 1.54) is 0 Å². The summed E-state index contributed by atoms with van der Waals surface area (Å²) in [5, 5.41) is 4.72. The third kappa shape index (κ3) is 3.56. The summed E-state index contributed by atoms with van der Waals surface area (Å²) in [7, 11) is 0. The number of carbonyl (C=O) groups excluding carboxylic acids is 4. The lowest BCUT2D eigenvalue weighted by atomic mass is 9.73. The molecule has 1 heterocycles. The lowest BCUT2D eigenvalue weighted by Gasteiger charge is -2.36. The van der Waals surface area contributed by atoms with Crippen LogP contribution >= 0.6 is 0 Å². The summed E-state index contributed by atoms with van der Waals surface area (Å²) in [4.78, 5) is 50.8. The number of ketones is 1. The molecule has 0 aromatic heterocycles. The van der Waals surface area contributed by atoms with Gasteiger partial charge in [-0.3, -0.25) is 19.3 Å². The molecule has 0 bridgehead atoms. The van der Waals surface area contributed by atoms with Gasteiger partial charge in [-0.25, -0.2) is 4.79 Å². The number of imide groups is 1. The minimum absolute atomic E-state index is 0.0122. The monoisotopic (exact) mass is 408 g/mol. The quantitative estimate of drug-likeness (QED) is 0.466. The Kier molecular flexibility index (Phi) is 5.28. The van der Waals surface area contributed by atoms with E-state index in [1.807, 2.05) is 37.3 Å². The second-order valence-electron chi connectivity index (χ2n) is 8.09. The van der Waals surface area contributed by atoms with Gasteiger partial charge in [0.05, 0.1) is 0 Å². The summed E-state index contributed by atoms with van der Waals surface area (Å²) in [5.41, 5.74) is -0.484. The van der Waals surface area contributed by atoms with E-state index in [9.17, 15) is 19.2 Å². The van der Waals surface area contributed by atoms with Crippen LogP contribution in [0.3, 0.4) is 0 Å². The smallest absolute Gasteiger partial charge is 0.326 e. The largest absolute Gasteiger partial charge is 0.456 e. The molecule has 1 saturated carbocycles. The first-order valence-electron chi connectivity index (χ1n) is 10.2. The number of hydrogen-bond donors (Lipinski definition) is 1. The number of hydrogen-bond acceptors (Lipinski definition) is 5. The molecule has 1 aliphatic carbocycles. The molecule has 30 heavy (non-hydrogen) atoms. The molecule has 7 heteroatoms. The number of benzene rings is 2. The van der Waals surface area contributed by atoms with Gasteiger partial charge in [0.15, 0.2) is 12.4 Å². The zero-order valence-electron chi connectivity index (χ0n) is 16.8. The van der Waals surface area contributed by atoms with E-state index in [4.69, 9.17) is 4.74 Å². The number of nitrogens with one attached hydrogen (secondary N) is 1. The molecule has 2 aliphatic rings. The maximum Gasteiger partial charge on any atom is 0.326 e. The lowest BCUT2D eigenvalue weighted by molar-refractivity contribution is -0.147. The Morgan fingerprint density at radius 3 is 2.67 bits per heavy atom. The molecule has 4 rings (SSSR count). The van der Waals surface area contributed by atoms with Gasteiger partial charge in [0.1, 0.15) is 12.1 Å². The zero-order chi connectivity index (χ0) is 21.3. The average Bonchev–Trinajstić information content (AvgIpc) is 2.98. The van der Waals surface area contributed by atoms with E-state index in [0.29, 0.717) is 12.0 Å². The number of urea groups is 1. The molecule has 2 unspecified atom stereocenters. The standard InChI is InChI=1S/C23H24N2O5/c1-15-6-4-5-11-23(15)21(28)25(22(29)24-23)13-20(27)30-14-19(26)18-10-9-16-7-2-3-8-17(16)12-18/h2-3,7-10,12,15H,4-6,11,13-14H2,1H3,(H,24,29). The van der Waals surface area contributed by atoms with Gasteiger partial charge >= 0.3 is 12.0 Å². The molecule has 2 aromatic carbocycles. The minimum Gasteiger partial charge on any atom is -0.456 e. The van der Waals surface area contributed by atoms with E-state index >= 15 is 0 Å². The molecule has 0 radical (unpaired) electrons. The second kappa shape index (κ2) is 7.89. The van der Waals surface area contributed by atoms with Crippen molar-refractivity contribution in [2.24, 2.45) is 5.92 Å². The van der Waals surface area contributed by atoms with Gasteiger partial charge in [0.25, 0.3) is 5.91 Å². The van der Waals surface area contributed by atoms with Crippen LogP contribution in [-0.2, 0) is 14.3 Å². The van der Waals surface area contributed by atoms with Gasteiger partial charge in [-0.15, -0.1) is 0 Å². The summed E-state index contributed by atoms with van der Waals surface area (Å²) in [6.07, 6.45) is 3.30. The van der Waals surface area contributed by atoms with Crippen molar-refractivity contribution >= 4 is 34.5 Å². The Morgan fingerprint density at radius 2 is 1.90 bits per heavy atom. The Balaban J connectivity index is 1.36. The summed E-state index contributed by atoms with van der Waals surface area (Å²) in [6.45, 7) is 1.01. The highest BCUT2D eigenvalue weighted by molar-refractivity contribution is 6.09. The van der Waals surface area contributed by atoms with E-state index in [1.54, 1.807) is 12.1 Å². The fourth-order valence-corrected chi connectivity index (χ4v) is 4.41. The molecule has 2 aromatic rings. The summed E-state index contributed by atoms with van der Waals surface area (Å²) in [6, 6.07) is 12.3. The lowest BCUT2D eigenvalue weighted by Crippen LogP contribution is -2.54.